The molecule has 6 nitrogen and oxygen atoms in total. The first-order valence-corrected chi connectivity index (χ1v) is 13.3. The lowest BCUT2D eigenvalue weighted by Gasteiger charge is -2.11. The third kappa shape index (κ3) is 6.26. The minimum Gasteiger partial charge on any atom is -0.359 e. The number of aromatic amines is 2. The van der Waals surface area contributed by atoms with Gasteiger partial charge in [-0.05, 0) is 67.8 Å². The highest BCUT2D eigenvalue weighted by Gasteiger charge is 2.21. The van der Waals surface area contributed by atoms with Crippen molar-refractivity contribution in [3.63, 3.8) is 0 Å². The van der Waals surface area contributed by atoms with E-state index in [9.17, 15) is 0 Å². The van der Waals surface area contributed by atoms with Gasteiger partial charge in [-0.25, -0.2) is 9.37 Å². The predicted octanol–water partition coefficient (Wildman–Crippen LogP) is 8.43. The SMILES string of the molecule is C=C/C=C(/c1ccncc1)c1nc(-c2n[nH]c3ccc(C(/C=C(\C=C)NC(=C)CC)=C/C)c(F)c23)[nH]c1C.CC. The summed E-state index contributed by atoms with van der Waals surface area (Å²) in [6, 6.07) is 7.39. The van der Waals surface area contributed by atoms with E-state index in [0.29, 0.717) is 33.6 Å². The molecule has 0 unspecified atom stereocenters. The lowest BCUT2D eigenvalue weighted by Crippen LogP contribution is -2.09. The molecule has 7 heteroatoms. The van der Waals surface area contributed by atoms with E-state index in [-0.39, 0.29) is 5.82 Å². The summed E-state index contributed by atoms with van der Waals surface area (Å²) in [4.78, 5) is 12.2. The summed E-state index contributed by atoms with van der Waals surface area (Å²) in [7, 11) is 0. The van der Waals surface area contributed by atoms with Crippen molar-refractivity contribution in [2.75, 3.05) is 0 Å². The first-order chi connectivity index (χ1) is 19.4. The van der Waals surface area contributed by atoms with Gasteiger partial charge in [0.25, 0.3) is 0 Å². The number of pyridine rings is 1. The molecule has 0 saturated carbocycles. The number of rotatable bonds is 10. The molecular formula is C33H37FN6. The van der Waals surface area contributed by atoms with Crippen molar-refractivity contribution in [3.8, 4) is 11.5 Å². The number of hydrogen-bond acceptors (Lipinski definition) is 4. The van der Waals surface area contributed by atoms with Crippen molar-refractivity contribution in [1.29, 1.82) is 0 Å². The average Bonchev–Trinajstić information content (AvgIpc) is 3.59. The predicted molar refractivity (Wildman–Crippen MR) is 166 cm³/mol. The van der Waals surface area contributed by atoms with Gasteiger partial charge in [-0.2, -0.15) is 5.10 Å². The van der Waals surface area contributed by atoms with E-state index >= 15 is 4.39 Å². The summed E-state index contributed by atoms with van der Waals surface area (Å²) in [5, 5.41) is 11.0. The van der Waals surface area contributed by atoms with Crippen molar-refractivity contribution in [2.24, 2.45) is 0 Å². The number of aromatic nitrogens is 5. The molecule has 0 spiro atoms. The number of fused-ring (bicyclic) bond motifs is 1. The summed E-state index contributed by atoms with van der Waals surface area (Å²) >= 11 is 0. The van der Waals surface area contributed by atoms with E-state index in [1.54, 1.807) is 30.6 Å². The number of aryl methyl sites for hydroxylation is 1. The van der Waals surface area contributed by atoms with Gasteiger partial charge in [0.1, 0.15) is 11.5 Å². The Morgan fingerprint density at radius 3 is 2.48 bits per heavy atom. The van der Waals surface area contributed by atoms with E-state index in [4.69, 9.17) is 4.98 Å². The molecule has 3 aromatic heterocycles. The summed E-state index contributed by atoms with van der Waals surface area (Å²) < 4.78 is 16.2. The van der Waals surface area contributed by atoms with Gasteiger partial charge in [0.15, 0.2) is 5.82 Å². The molecule has 0 radical (unpaired) electrons. The van der Waals surface area contributed by atoms with Gasteiger partial charge in [-0.3, -0.25) is 10.1 Å². The van der Waals surface area contributed by atoms with Crippen LogP contribution in [0.3, 0.4) is 0 Å². The molecule has 0 fully saturated rings. The fourth-order valence-corrected chi connectivity index (χ4v) is 4.19. The topological polar surface area (TPSA) is 82.3 Å². The van der Waals surface area contributed by atoms with Crippen molar-refractivity contribution in [1.82, 2.24) is 30.5 Å². The molecule has 0 aliphatic rings. The third-order valence-electron chi connectivity index (χ3n) is 6.21. The smallest absolute Gasteiger partial charge is 0.159 e. The number of imidazole rings is 1. The second-order valence-electron chi connectivity index (χ2n) is 8.66. The van der Waals surface area contributed by atoms with Gasteiger partial charge in [-0.1, -0.05) is 58.7 Å². The van der Waals surface area contributed by atoms with Crippen molar-refractivity contribution in [2.45, 2.75) is 41.0 Å². The molecule has 0 aliphatic heterocycles. The zero-order valence-electron chi connectivity index (χ0n) is 23.9. The van der Waals surface area contributed by atoms with Gasteiger partial charge in [0.2, 0.25) is 0 Å². The quantitative estimate of drug-likeness (QED) is 0.178. The molecule has 4 aromatic rings. The molecule has 0 atom stereocenters. The Bertz CT molecular complexity index is 1600. The van der Waals surface area contributed by atoms with Gasteiger partial charge < -0.3 is 10.3 Å². The molecule has 3 heterocycles. The van der Waals surface area contributed by atoms with Gasteiger partial charge in [0, 0.05) is 40.6 Å². The third-order valence-corrected chi connectivity index (χ3v) is 6.21. The van der Waals surface area contributed by atoms with E-state index in [1.165, 1.54) is 0 Å². The molecule has 4 rings (SSSR count). The monoisotopic (exact) mass is 536 g/mol. The molecule has 0 amide bonds. The maximum atomic E-state index is 16.2. The zero-order chi connectivity index (χ0) is 29.2. The molecule has 0 saturated heterocycles. The Morgan fingerprint density at radius 1 is 1.12 bits per heavy atom. The highest BCUT2D eigenvalue weighted by atomic mass is 19.1. The number of benzene rings is 1. The van der Waals surface area contributed by atoms with Crippen LogP contribution in [0.5, 0.6) is 0 Å². The van der Waals surface area contributed by atoms with Crippen LogP contribution in [-0.2, 0) is 0 Å². The lowest BCUT2D eigenvalue weighted by molar-refractivity contribution is 0.636. The Hall–Kier alpha value is -4.78. The van der Waals surface area contributed by atoms with Crippen LogP contribution in [0.1, 0.15) is 56.6 Å². The normalized spacial score (nSPS) is 12.1. The van der Waals surface area contributed by atoms with Crippen LogP contribution in [-0.4, -0.2) is 25.1 Å². The number of H-pyrrole nitrogens is 2. The fraction of sp³-hybridized carbons (Fsp3) is 0.182. The lowest BCUT2D eigenvalue weighted by atomic mass is 10.0. The first kappa shape index (κ1) is 29.8. The number of halogens is 1. The van der Waals surface area contributed by atoms with Crippen LogP contribution in [0.4, 0.5) is 4.39 Å². The van der Waals surface area contributed by atoms with Crippen molar-refractivity contribution in [3.05, 3.63) is 127 Å². The Labute approximate surface area is 235 Å². The molecule has 206 valence electrons. The summed E-state index contributed by atoms with van der Waals surface area (Å²) in [6.45, 7) is 21.5. The molecular weight excluding hydrogens is 499 g/mol. The van der Waals surface area contributed by atoms with E-state index in [2.05, 4.69) is 45.2 Å². The second-order valence-corrected chi connectivity index (χ2v) is 8.66. The average molecular weight is 537 g/mol. The van der Waals surface area contributed by atoms with Gasteiger partial charge >= 0.3 is 0 Å². The van der Waals surface area contributed by atoms with E-state index < -0.39 is 0 Å². The first-order valence-electron chi connectivity index (χ1n) is 13.3. The minimum atomic E-state index is -0.389. The molecule has 0 aliphatic carbocycles. The van der Waals surface area contributed by atoms with Crippen molar-refractivity contribution >= 4 is 22.0 Å². The van der Waals surface area contributed by atoms with Crippen LogP contribution < -0.4 is 5.32 Å². The molecule has 40 heavy (non-hydrogen) atoms. The van der Waals surface area contributed by atoms with Crippen LogP contribution in [0, 0.1) is 12.7 Å². The van der Waals surface area contributed by atoms with Crippen LogP contribution in [0.25, 0.3) is 33.6 Å². The van der Waals surface area contributed by atoms with Crippen LogP contribution in [0.2, 0.25) is 0 Å². The highest BCUT2D eigenvalue weighted by molar-refractivity contribution is 5.95. The largest absolute Gasteiger partial charge is 0.359 e. The van der Waals surface area contributed by atoms with Crippen molar-refractivity contribution < 1.29 is 4.39 Å². The van der Waals surface area contributed by atoms with Crippen LogP contribution >= 0.6 is 0 Å². The highest BCUT2D eigenvalue weighted by Crippen LogP contribution is 2.34. The van der Waals surface area contributed by atoms with E-state index in [1.807, 2.05) is 71.0 Å². The van der Waals surface area contributed by atoms with Gasteiger partial charge in [-0.15, -0.1) is 0 Å². The summed E-state index contributed by atoms with van der Waals surface area (Å²) in [6.07, 6.45) is 13.2. The van der Waals surface area contributed by atoms with E-state index in [0.717, 1.165) is 40.3 Å². The second kappa shape index (κ2) is 13.8. The summed E-state index contributed by atoms with van der Waals surface area (Å²) in [5.41, 5.74) is 7.09. The summed E-state index contributed by atoms with van der Waals surface area (Å²) in [5.74, 6) is 0.0778. The maximum absolute atomic E-state index is 16.2. The Kier molecular flexibility index (Phi) is 10.3. The Balaban J connectivity index is 0.00000216. The fourth-order valence-electron chi connectivity index (χ4n) is 4.19. The molecule has 1 aromatic carbocycles. The molecule has 3 N–H and O–H groups in total. The maximum Gasteiger partial charge on any atom is 0.159 e. The number of hydrogen-bond donors (Lipinski definition) is 3. The minimum absolute atomic E-state index is 0.361. The Morgan fingerprint density at radius 2 is 1.85 bits per heavy atom. The van der Waals surface area contributed by atoms with Gasteiger partial charge in [0.05, 0.1) is 16.6 Å². The standard InChI is InChI=1S/C31H31FN6.C2H6/c1-7-11-25(22-14-16-33-17-15-22)29-20(6)35-31(36-29)30-27-26(37-38-30)13-12-24(28(27)32)21(9-3)18-23(10-4)34-19(5)8-2;1-2/h7,9-18,34H,1,4-5,8H2,2-3,6H3,(H,35,36)(H,37,38);1-2H3/b21-9+,23-18+,25-11-;. The van der Waals surface area contributed by atoms with Crippen LogP contribution in [0.15, 0.2) is 98.2 Å². The number of allylic oxidation sites excluding steroid dienone is 7. The number of nitrogens with zero attached hydrogens (tertiary/aromatic N) is 3. The molecule has 0 bridgehead atoms. The zero-order valence-corrected chi connectivity index (χ0v) is 23.9. The number of nitrogens with one attached hydrogen (secondary N) is 3.